The normalized spacial score (nSPS) is 16.2. The van der Waals surface area contributed by atoms with Crippen LogP contribution in [0.5, 0.6) is 0 Å². The van der Waals surface area contributed by atoms with E-state index in [1.54, 1.807) is 11.3 Å². The van der Waals surface area contributed by atoms with Crippen molar-refractivity contribution in [1.82, 2.24) is 0 Å². The highest BCUT2D eigenvalue weighted by Crippen LogP contribution is 2.32. The van der Waals surface area contributed by atoms with Gasteiger partial charge in [-0.2, -0.15) is 0 Å². The maximum absolute atomic E-state index is 12.2. The number of ketones is 1. The molecule has 0 radical (unpaired) electrons. The SMILES string of the molecule is O=C(CC1CCC1)c1cccc2ccsc12. The Hall–Kier alpha value is -1.15. The third kappa shape index (κ3) is 1.67. The highest BCUT2D eigenvalue weighted by molar-refractivity contribution is 7.17. The number of hydrogen-bond acceptors (Lipinski definition) is 2. The number of hydrogen-bond donors (Lipinski definition) is 0. The zero-order valence-corrected chi connectivity index (χ0v) is 9.93. The fourth-order valence-corrected chi connectivity index (χ4v) is 3.21. The highest BCUT2D eigenvalue weighted by Gasteiger charge is 2.22. The van der Waals surface area contributed by atoms with Gasteiger partial charge in [-0.25, -0.2) is 0 Å². The summed E-state index contributed by atoms with van der Waals surface area (Å²) in [6, 6.07) is 8.12. The molecule has 2 aromatic rings. The second kappa shape index (κ2) is 4.02. The Bertz CT molecular complexity index is 522. The molecule has 1 aromatic carbocycles. The standard InChI is InChI=1S/C14H14OS/c15-13(9-10-3-1-4-10)12-6-2-5-11-7-8-16-14(11)12/h2,5-8,10H,1,3-4,9H2. The molecule has 1 fully saturated rings. The monoisotopic (exact) mass is 230 g/mol. The van der Waals surface area contributed by atoms with E-state index < -0.39 is 0 Å². The van der Waals surface area contributed by atoms with Gasteiger partial charge in [-0.05, 0) is 28.8 Å². The van der Waals surface area contributed by atoms with Crippen LogP contribution in [0.2, 0.25) is 0 Å². The van der Waals surface area contributed by atoms with Gasteiger partial charge in [0.05, 0.1) is 0 Å². The summed E-state index contributed by atoms with van der Waals surface area (Å²) in [5.74, 6) is 0.987. The van der Waals surface area contributed by atoms with Crippen molar-refractivity contribution >= 4 is 27.2 Å². The zero-order chi connectivity index (χ0) is 11.0. The molecule has 0 unspecified atom stereocenters. The van der Waals surface area contributed by atoms with Crippen molar-refractivity contribution in [3.8, 4) is 0 Å². The quantitative estimate of drug-likeness (QED) is 0.719. The second-order valence-electron chi connectivity index (χ2n) is 4.57. The fraction of sp³-hybridized carbons (Fsp3) is 0.357. The maximum atomic E-state index is 12.2. The topological polar surface area (TPSA) is 17.1 Å². The Morgan fingerprint density at radius 1 is 1.31 bits per heavy atom. The molecule has 0 spiro atoms. The molecule has 16 heavy (non-hydrogen) atoms. The predicted octanol–water partition coefficient (Wildman–Crippen LogP) is 4.27. The summed E-state index contributed by atoms with van der Waals surface area (Å²) in [7, 11) is 0. The van der Waals surface area contributed by atoms with Crippen LogP contribution >= 0.6 is 11.3 Å². The van der Waals surface area contributed by atoms with Crippen LogP contribution < -0.4 is 0 Å². The van der Waals surface area contributed by atoms with Crippen LogP contribution in [-0.4, -0.2) is 5.78 Å². The molecule has 0 N–H and O–H groups in total. The van der Waals surface area contributed by atoms with E-state index in [0.717, 1.165) is 16.7 Å². The Balaban J connectivity index is 1.91. The summed E-state index contributed by atoms with van der Waals surface area (Å²) in [5, 5.41) is 3.26. The van der Waals surface area contributed by atoms with E-state index in [1.165, 1.54) is 24.6 Å². The number of carbonyl (C=O) groups excluding carboxylic acids is 1. The molecule has 1 aromatic heterocycles. The Labute approximate surface area is 99.1 Å². The van der Waals surface area contributed by atoms with Gasteiger partial charge in [-0.3, -0.25) is 4.79 Å². The maximum Gasteiger partial charge on any atom is 0.164 e. The Morgan fingerprint density at radius 3 is 2.94 bits per heavy atom. The molecule has 1 saturated carbocycles. The van der Waals surface area contributed by atoms with Gasteiger partial charge in [0, 0.05) is 16.7 Å². The number of carbonyl (C=O) groups is 1. The van der Waals surface area contributed by atoms with Crippen molar-refractivity contribution in [2.75, 3.05) is 0 Å². The average molecular weight is 230 g/mol. The van der Waals surface area contributed by atoms with Crippen molar-refractivity contribution in [3.63, 3.8) is 0 Å². The predicted molar refractivity (Wildman–Crippen MR) is 68.1 cm³/mol. The van der Waals surface area contributed by atoms with Crippen LogP contribution in [-0.2, 0) is 0 Å². The minimum absolute atomic E-state index is 0.331. The molecule has 82 valence electrons. The first-order valence-corrected chi connectivity index (χ1v) is 6.72. The van der Waals surface area contributed by atoms with E-state index in [4.69, 9.17) is 0 Å². The van der Waals surface area contributed by atoms with Gasteiger partial charge in [-0.15, -0.1) is 11.3 Å². The molecular weight excluding hydrogens is 216 g/mol. The molecule has 1 heterocycles. The van der Waals surface area contributed by atoms with Gasteiger partial charge in [0.2, 0.25) is 0 Å². The molecule has 1 aliphatic carbocycles. The van der Waals surface area contributed by atoms with Crippen LogP contribution in [0.1, 0.15) is 36.0 Å². The number of fused-ring (bicyclic) bond motifs is 1. The lowest BCUT2D eigenvalue weighted by Gasteiger charge is -2.24. The number of Topliss-reactive ketones (excluding diaryl/α,β-unsaturated/α-hetero) is 1. The molecule has 2 heteroatoms. The number of thiophene rings is 1. The zero-order valence-electron chi connectivity index (χ0n) is 9.11. The highest BCUT2D eigenvalue weighted by atomic mass is 32.1. The molecular formula is C14H14OS. The smallest absolute Gasteiger partial charge is 0.164 e. The average Bonchev–Trinajstić information content (AvgIpc) is 2.70. The molecule has 0 saturated heterocycles. The third-order valence-electron chi connectivity index (χ3n) is 3.48. The lowest BCUT2D eigenvalue weighted by Crippen LogP contribution is -2.15. The minimum atomic E-state index is 0.331. The van der Waals surface area contributed by atoms with Crippen molar-refractivity contribution < 1.29 is 4.79 Å². The lowest BCUT2D eigenvalue weighted by atomic mass is 9.81. The summed E-state index contributed by atoms with van der Waals surface area (Å²) in [5.41, 5.74) is 0.930. The van der Waals surface area contributed by atoms with Crippen LogP contribution in [0.25, 0.3) is 10.1 Å². The van der Waals surface area contributed by atoms with E-state index >= 15 is 0 Å². The molecule has 3 rings (SSSR count). The van der Waals surface area contributed by atoms with E-state index in [0.29, 0.717) is 11.7 Å². The van der Waals surface area contributed by atoms with E-state index in [9.17, 15) is 4.79 Å². The van der Waals surface area contributed by atoms with Gasteiger partial charge in [0.15, 0.2) is 5.78 Å². The Morgan fingerprint density at radius 2 is 2.19 bits per heavy atom. The van der Waals surface area contributed by atoms with Gasteiger partial charge in [0.25, 0.3) is 0 Å². The first-order chi connectivity index (χ1) is 7.84. The number of rotatable bonds is 3. The second-order valence-corrected chi connectivity index (χ2v) is 5.48. The molecule has 1 aliphatic rings. The molecule has 0 aliphatic heterocycles. The van der Waals surface area contributed by atoms with E-state index in [2.05, 4.69) is 17.5 Å². The van der Waals surface area contributed by atoms with Crippen LogP contribution in [0.15, 0.2) is 29.6 Å². The molecule has 0 atom stereocenters. The van der Waals surface area contributed by atoms with Crippen molar-refractivity contribution in [1.29, 1.82) is 0 Å². The third-order valence-corrected chi connectivity index (χ3v) is 4.44. The van der Waals surface area contributed by atoms with Gasteiger partial charge in [0.1, 0.15) is 0 Å². The van der Waals surface area contributed by atoms with Gasteiger partial charge >= 0.3 is 0 Å². The van der Waals surface area contributed by atoms with Crippen LogP contribution in [0.4, 0.5) is 0 Å². The van der Waals surface area contributed by atoms with Crippen molar-refractivity contribution in [3.05, 3.63) is 35.2 Å². The molecule has 0 amide bonds. The Kier molecular flexibility index (Phi) is 2.52. The fourth-order valence-electron chi connectivity index (χ4n) is 2.28. The molecule has 1 nitrogen and oxygen atoms in total. The largest absolute Gasteiger partial charge is 0.294 e. The summed E-state index contributed by atoms with van der Waals surface area (Å²) < 4.78 is 1.16. The molecule has 0 bridgehead atoms. The van der Waals surface area contributed by atoms with E-state index in [-0.39, 0.29) is 0 Å². The van der Waals surface area contributed by atoms with Crippen molar-refractivity contribution in [2.24, 2.45) is 5.92 Å². The van der Waals surface area contributed by atoms with Crippen LogP contribution in [0.3, 0.4) is 0 Å². The summed E-state index contributed by atoms with van der Waals surface area (Å²) >= 11 is 1.67. The lowest BCUT2D eigenvalue weighted by molar-refractivity contribution is 0.0938. The van der Waals surface area contributed by atoms with Crippen LogP contribution in [0, 0.1) is 5.92 Å². The summed E-state index contributed by atoms with van der Waals surface area (Å²) in [4.78, 5) is 12.2. The first-order valence-electron chi connectivity index (χ1n) is 5.84. The van der Waals surface area contributed by atoms with E-state index in [1.807, 2.05) is 12.1 Å². The summed E-state index contributed by atoms with van der Waals surface area (Å²) in [6.07, 6.45) is 4.54. The van der Waals surface area contributed by atoms with Gasteiger partial charge in [-0.1, -0.05) is 31.4 Å². The first kappa shape index (κ1) is 10.0. The minimum Gasteiger partial charge on any atom is -0.294 e. The number of benzene rings is 1. The van der Waals surface area contributed by atoms with Gasteiger partial charge < -0.3 is 0 Å². The summed E-state index contributed by atoms with van der Waals surface area (Å²) in [6.45, 7) is 0. The van der Waals surface area contributed by atoms with Crippen molar-refractivity contribution in [2.45, 2.75) is 25.7 Å².